The fraction of sp³-hybridized carbons (Fsp3) is 0.300. The Morgan fingerprint density at radius 2 is 1.48 bits per heavy atom. The zero-order valence-electron chi connectivity index (χ0n) is 16.1. The average Bonchev–Trinajstić information content (AvgIpc) is 2.59. The van der Waals surface area contributed by atoms with Crippen LogP contribution in [-0.2, 0) is 4.74 Å². The largest absolute Gasteiger partial charge is 0.497 e. The Hall–Kier alpha value is -3.22. The van der Waals surface area contributed by atoms with Gasteiger partial charge in [-0.3, -0.25) is 10.1 Å². The van der Waals surface area contributed by atoms with Crippen molar-refractivity contribution in [1.82, 2.24) is 0 Å². The van der Waals surface area contributed by atoms with Crippen LogP contribution in [0.3, 0.4) is 0 Å². The summed E-state index contributed by atoms with van der Waals surface area (Å²) in [5, 5.41) is 5.40. The molecule has 2 aromatic rings. The third-order valence-electron chi connectivity index (χ3n) is 3.38. The SMILES string of the molecule is COc1cc(NC(=O)c2cccc(NC(=O)OC(C)(C)C)c2)cc(OC)c1. The van der Waals surface area contributed by atoms with E-state index in [1.165, 1.54) is 14.2 Å². The van der Waals surface area contributed by atoms with Gasteiger partial charge in [-0.05, 0) is 39.0 Å². The van der Waals surface area contributed by atoms with Crippen molar-refractivity contribution in [3.8, 4) is 11.5 Å². The number of ether oxygens (including phenoxy) is 3. The molecule has 0 saturated heterocycles. The number of benzene rings is 2. The van der Waals surface area contributed by atoms with Crippen LogP contribution in [0.2, 0.25) is 0 Å². The fourth-order valence-electron chi connectivity index (χ4n) is 2.24. The van der Waals surface area contributed by atoms with Crippen LogP contribution in [-0.4, -0.2) is 31.8 Å². The van der Waals surface area contributed by atoms with Gasteiger partial charge in [0.05, 0.1) is 14.2 Å². The van der Waals surface area contributed by atoms with Gasteiger partial charge in [0.15, 0.2) is 0 Å². The quantitative estimate of drug-likeness (QED) is 0.817. The molecule has 0 unspecified atom stereocenters. The number of anilines is 2. The molecule has 2 aromatic carbocycles. The monoisotopic (exact) mass is 372 g/mol. The Balaban J connectivity index is 2.12. The molecule has 0 radical (unpaired) electrons. The molecule has 0 saturated carbocycles. The van der Waals surface area contributed by atoms with Crippen LogP contribution in [0.1, 0.15) is 31.1 Å². The van der Waals surface area contributed by atoms with Gasteiger partial charge in [0, 0.05) is 35.1 Å². The van der Waals surface area contributed by atoms with Gasteiger partial charge in [-0.1, -0.05) is 6.07 Å². The number of hydrogen-bond acceptors (Lipinski definition) is 5. The molecule has 0 aliphatic carbocycles. The molecule has 0 aliphatic rings. The number of nitrogens with one attached hydrogen (secondary N) is 2. The highest BCUT2D eigenvalue weighted by Crippen LogP contribution is 2.26. The topological polar surface area (TPSA) is 85.9 Å². The third kappa shape index (κ3) is 6.22. The maximum absolute atomic E-state index is 12.5. The van der Waals surface area contributed by atoms with Gasteiger partial charge in [0.1, 0.15) is 17.1 Å². The maximum Gasteiger partial charge on any atom is 0.412 e. The highest BCUT2D eigenvalue weighted by molar-refractivity contribution is 6.05. The van der Waals surface area contributed by atoms with E-state index in [0.717, 1.165) is 0 Å². The van der Waals surface area contributed by atoms with Crippen molar-refractivity contribution < 1.29 is 23.8 Å². The molecule has 0 atom stereocenters. The average molecular weight is 372 g/mol. The molecule has 7 heteroatoms. The van der Waals surface area contributed by atoms with Gasteiger partial charge in [-0.15, -0.1) is 0 Å². The van der Waals surface area contributed by atoms with Crippen LogP contribution in [0, 0.1) is 0 Å². The van der Waals surface area contributed by atoms with Gasteiger partial charge in [0.2, 0.25) is 0 Å². The van der Waals surface area contributed by atoms with Gasteiger partial charge in [-0.25, -0.2) is 4.79 Å². The maximum atomic E-state index is 12.5. The summed E-state index contributed by atoms with van der Waals surface area (Å²) in [6.45, 7) is 5.33. The van der Waals surface area contributed by atoms with E-state index in [9.17, 15) is 9.59 Å². The molecule has 2 amide bonds. The molecule has 144 valence electrons. The lowest BCUT2D eigenvalue weighted by Crippen LogP contribution is -2.27. The number of rotatable bonds is 5. The van der Waals surface area contributed by atoms with E-state index in [1.807, 2.05) is 0 Å². The fourth-order valence-corrected chi connectivity index (χ4v) is 2.24. The van der Waals surface area contributed by atoms with Crippen molar-refractivity contribution in [2.75, 3.05) is 24.9 Å². The zero-order chi connectivity index (χ0) is 20.0. The summed E-state index contributed by atoms with van der Waals surface area (Å²) in [7, 11) is 3.07. The van der Waals surface area contributed by atoms with Crippen LogP contribution in [0.25, 0.3) is 0 Å². The van der Waals surface area contributed by atoms with Crippen LogP contribution in [0.5, 0.6) is 11.5 Å². The van der Waals surface area contributed by atoms with Crippen molar-refractivity contribution in [1.29, 1.82) is 0 Å². The second kappa shape index (κ2) is 8.44. The smallest absolute Gasteiger partial charge is 0.412 e. The number of hydrogen-bond donors (Lipinski definition) is 2. The zero-order valence-corrected chi connectivity index (χ0v) is 16.1. The molecule has 0 heterocycles. The van der Waals surface area contributed by atoms with Gasteiger partial charge in [0.25, 0.3) is 5.91 Å². The summed E-state index contributed by atoms with van der Waals surface area (Å²) >= 11 is 0. The Bertz CT molecular complexity index is 805. The van der Waals surface area contributed by atoms with E-state index >= 15 is 0 Å². The first kappa shape index (κ1) is 20.1. The second-order valence-electron chi connectivity index (χ2n) is 6.76. The first-order valence-electron chi connectivity index (χ1n) is 8.34. The summed E-state index contributed by atoms with van der Waals surface area (Å²) in [5.74, 6) is 0.785. The van der Waals surface area contributed by atoms with E-state index in [2.05, 4.69) is 10.6 Å². The van der Waals surface area contributed by atoms with Crippen molar-refractivity contribution in [2.45, 2.75) is 26.4 Å². The Labute approximate surface area is 158 Å². The molecule has 7 nitrogen and oxygen atoms in total. The minimum Gasteiger partial charge on any atom is -0.497 e. The Morgan fingerprint density at radius 1 is 0.852 bits per heavy atom. The molecule has 2 rings (SSSR count). The highest BCUT2D eigenvalue weighted by atomic mass is 16.6. The summed E-state index contributed by atoms with van der Waals surface area (Å²) in [5.41, 5.74) is 0.761. The number of amides is 2. The Morgan fingerprint density at radius 3 is 2.04 bits per heavy atom. The first-order valence-corrected chi connectivity index (χ1v) is 8.34. The summed E-state index contributed by atoms with van der Waals surface area (Å²) in [6, 6.07) is 11.6. The van der Waals surface area contributed by atoms with Gasteiger partial charge >= 0.3 is 6.09 Å². The first-order chi connectivity index (χ1) is 12.7. The van der Waals surface area contributed by atoms with Crippen LogP contribution >= 0.6 is 0 Å². The second-order valence-corrected chi connectivity index (χ2v) is 6.76. The lowest BCUT2D eigenvalue weighted by Gasteiger charge is -2.19. The Kier molecular flexibility index (Phi) is 6.28. The van der Waals surface area contributed by atoms with Crippen molar-refractivity contribution in [3.05, 3.63) is 48.0 Å². The molecule has 0 bridgehead atoms. The summed E-state index contributed by atoms with van der Waals surface area (Å²) < 4.78 is 15.6. The number of carbonyl (C=O) groups excluding carboxylic acids is 2. The van der Waals surface area contributed by atoms with Crippen molar-refractivity contribution >= 4 is 23.4 Å². The predicted molar refractivity (Wildman–Crippen MR) is 104 cm³/mol. The molecular weight excluding hydrogens is 348 g/mol. The molecular formula is C20H24N2O5. The molecule has 0 aliphatic heterocycles. The minimum atomic E-state index is -0.607. The van der Waals surface area contributed by atoms with E-state index in [1.54, 1.807) is 63.2 Å². The van der Waals surface area contributed by atoms with Crippen molar-refractivity contribution in [2.24, 2.45) is 0 Å². The molecule has 0 aromatic heterocycles. The standard InChI is InChI=1S/C20H24N2O5/c1-20(2,3)27-19(24)22-14-8-6-7-13(9-14)18(23)21-15-10-16(25-4)12-17(11-15)26-5/h6-12H,1-5H3,(H,21,23)(H,22,24). The summed E-state index contributed by atoms with van der Waals surface area (Å²) in [4.78, 5) is 24.4. The number of carbonyl (C=O) groups is 2. The van der Waals surface area contributed by atoms with E-state index in [0.29, 0.717) is 28.4 Å². The highest BCUT2D eigenvalue weighted by Gasteiger charge is 2.16. The van der Waals surface area contributed by atoms with Crippen LogP contribution in [0.4, 0.5) is 16.2 Å². The molecule has 2 N–H and O–H groups in total. The van der Waals surface area contributed by atoms with Crippen LogP contribution < -0.4 is 20.1 Å². The molecule has 0 spiro atoms. The predicted octanol–water partition coefficient (Wildman–Crippen LogP) is 4.30. The van der Waals surface area contributed by atoms with Gasteiger partial charge in [-0.2, -0.15) is 0 Å². The van der Waals surface area contributed by atoms with Crippen molar-refractivity contribution in [3.63, 3.8) is 0 Å². The third-order valence-corrected chi connectivity index (χ3v) is 3.38. The lowest BCUT2D eigenvalue weighted by molar-refractivity contribution is 0.0635. The van der Waals surface area contributed by atoms with Crippen LogP contribution in [0.15, 0.2) is 42.5 Å². The van der Waals surface area contributed by atoms with E-state index in [4.69, 9.17) is 14.2 Å². The van der Waals surface area contributed by atoms with E-state index < -0.39 is 11.7 Å². The lowest BCUT2D eigenvalue weighted by atomic mass is 10.1. The molecule has 0 fully saturated rings. The van der Waals surface area contributed by atoms with Gasteiger partial charge < -0.3 is 19.5 Å². The summed E-state index contributed by atoms with van der Waals surface area (Å²) in [6.07, 6.45) is -0.586. The number of methoxy groups -OCH3 is 2. The minimum absolute atomic E-state index is 0.335. The van der Waals surface area contributed by atoms with E-state index in [-0.39, 0.29) is 5.91 Å². The molecule has 27 heavy (non-hydrogen) atoms. The normalized spacial score (nSPS) is 10.7.